The molecule has 1 fully saturated rings. The van der Waals surface area contributed by atoms with Gasteiger partial charge < -0.3 is 28.4 Å². The van der Waals surface area contributed by atoms with Gasteiger partial charge in [0.15, 0.2) is 23.0 Å². The Kier molecular flexibility index (Phi) is 10.6. The molecule has 10 nitrogen and oxygen atoms in total. The van der Waals surface area contributed by atoms with Crippen molar-refractivity contribution in [2.24, 2.45) is 0 Å². The van der Waals surface area contributed by atoms with E-state index in [1.165, 1.54) is 0 Å². The van der Waals surface area contributed by atoms with Crippen molar-refractivity contribution in [2.75, 3.05) is 68.8 Å². The Hall–Kier alpha value is -4.54. The molecule has 0 spiro atoms. The highest BCUT2D eigenvalue weighted by molar-refractivity contribution is 5.77. The van der Waals surface area contributed by atoms with Crippen LogP contribution in [0.4, 0.5) is 0 Å². The van der Waals surface area contributed by atoms with Gasteiger partial charge in [0.1, 0.15) is 0 Å². The van der Waals surface area contributed by atoms with E-state index in [-0.39, 0.29) is 0 Å². The highest BCUT2D eigenvalue weighted by atomic mass is 16.5. The third kappa shape index (κ3) is 7.08. The molecule has 0 atom stereocenters. The minimum atomic E-state index is 0.569. The molecule has 0 saturated carbocycles. The van der Waals surface area contributed by atoms with Crippen molar-refractivity contribution in [2.45, 2.75) is 19.5 Å². The fourth-order valence-electron chi connectivity index (χ4n) is 5.96. The zero-order valence-electron chi connectivity index (χ0n) is 27.0. The van der Waals surface area contributed by atoms with Crippen molar-refractivity contribution in [1.29, 1.82) is 0 Å². The van der Waals surface area contributed by atoms with Crippen molar-refractivity contribution >= 4 is 0 Å². The molecule has 1 aliphatic heterocycles. The van der Waals surface area contributed by atoms with Gasteiger partial charge in [-0.3, -0.25) is 19.8 Å². The maximum atomic E-state index is 5.72. The fourth-order valence-corrected chi connectivity index (χ4v) is 5.96. The van der Waals surface area contributed by atoms with Crippen LogP contribution in [0.25, 0.3) is 22.3 Å². The normalized spacial score (nSPS) is 14.0. The second kappa shape index (κ2) is 15.0. The molecule has 10 heteroatoms. The Balaban J connectivity index is 1.26. The van der Waals surface area contributed by atoms with E-state index in [9.17, 15) is 0 Å². The molecule has 0 N–H and O–H groups in total. The van der Waals surface area contributed by atoms with Gasteiger partial charge in [-0.15, -0.1) is 0 Å². The standard InChI is InChI=1S/C35H42N4O6/c1-40-30-10-8-28(32(42-3)34(30)44-5)26-16-24(18-36-20-26)22-38-12-7-13-39(15-14-38)23-25-17-27(21-37-19-25)29-9-11-31(41-2)35(45-6)33(29)43-4/h8-11,16-21H,7,12-15,22-23H2,1-6H3. The third-order valence-corrected chi connectivity index (χ3v) is 8.11. The highest BCUT2D eigenvalue weighted by Gasteiger charge is 2.21. The van der Waals surface area contributed by atoms with Crippen LogP contribution in [-0.4, -0.2) is 88.6 Å². The van der Waals surface area contributed by atoms with Gasteiger partial charge >= 0.3 is 0 Å². The van der Waals surface area contributed by atoms with E-state index in [0.717, 1.165) is 79.1 Å². The molecule has 1 saturated heterocycles. The van der Waals surface area contributed by atoms with Crippen LogP contribution in [0, 0.1) is 0 Å². The number of ether oxygens (including phenoxy) is 6. The van der Waals surface area contributed by atoms with E-state index in [4.69, 9.17) is 28.4 Å². The number of hydrogen-bond donors (Lipinski definition) is 0. The van der Waals surface area contributed by atoms with Crippen LogP contribution in [0.5, 0.6) is 34.5 Å². The van der Waals surface area contributed by atoms with E-state index < -0.39 is 0 Å². The Morgan fingerprint density at radius 3 is 1.31 bits per heavy atom. The van der Waals surface area contributed by atoms with Crippen molar-refractivity contribution in [1.82, 2.24) is 19.8 Å². The van der Waals surface area contributed by atoms with Gasteiger partial charge in [-0.2, -0.15) is 0 Å². The van der Waals surface area contributed by atoms with Crippen LogP contribution in [0.1, 0.15) is 17.5 Å². The van der Waals surface area contributed by atoms with Gasteiger partial charge in [0, 0.05) is 73.2 Å². The van der Waals surface area contributed by atoms with Crippen molar-refractivity contribution in [3.63, 3.8) is 0 Å². The summed E-state index contributed by atoms with van der Waals surface area (Å²) in [6.07, 6.45) is 8.68. The topological polar surface area (TPSA) is 87.6 Å². The first-order chi connectivity index (χ1) is 22.0. The number of hydrogen-bond acceptors (Lipinski definition) is 10. The Morgan fingerprint density at radius 1 is 0.511 bits per heavy atom. The summed E-state index contributed by atoms with van der Waals surface area (Å²) in [5, 5.41) is 0. The minimum Gasteiger partial charge on any atom is -0.493 e. The first-order valence-electron chi connectivity index (χ1n) is 14.9. The van der Waals surface area contributed by atoms with Gasteiger partial charge in [-0.05, 0) is 67.0 Å². The van der Waals surface area contributed by atoms with Crippen LogP contribution >= 0.6 is 0 Å². The number of benzene rings is 2. The minimum absolute atomic E-state index is 0.569. The molecule has 0 aliphatic carbocycles. The molecule has 45 heavy (non-hydrogen) atoms. The van der Waals surface area contributed by atoms with Gasteiger partial charge in [-0.1, -0.05) is 0 Å². The molecule has 238 valence electrons. The predicted molar refractivity (Wildman–Crippen MR) is 174 cm³/mol. The summed E-state index contributed by atoms with van der Waals surface area (Å²) in [6.45, 7) is 5.59. The lowest BCUT2D eigenvalue weighted by molar-refractivity contribution is 0.247. The molecule has 3 heterocycles. The predicted octanol–water partition coefficient (Wildman–Crippen LogP) is 5.57. The lowest BCUT2D eigenvalue weighted by Gasteiger charge is -2.22. The molecule has 0 bridgehead atoms. The number of rotatable bonds is 12. The SMILES string of the molecule is COc1ccc(-c2cncc(CN3CCCN(Cc4cncc(-c5ccc(OC)c(OC)c5OC)c4)CC3)c2)c(OC)c1OC. The summed E-state index contributed by atoms with van der Waals surface area (Å²) in [7, 11) is 9.75. The third-order valence-electron chi connectivity index (χ3n) is 8.11. The smallest absolute Gasteiger partial charge is 0.203 e. The monoisotopic (exact) mass is 614 g/mol. The fraction of sp³-hybridized carbons (Fsp3) is 0.371. The van der Waals surface area contributed by atoms with Crippen LogP contribution < -0.4 is 28.4 Å². The lowest BCUT2D eigenvalue weighted by Crippen LogP contribution is -2.30. The molecular weight excluding hydrogens is 572 g/mol. The van der Waals surface area contributed by atoms with Gasteiger partial charge in [0.05, 0.1) is 42.7 Å². The molecule has 5 rings (SSSR count). The molecular formula is C35H42N4O6. The zero-order chi connectivity index (χ0) is 31.8. The largest absolute Gasteiger partial charge is 0.493 e. The Labute approximate surface area is 265 Å². The summed E-state index contributed by atoms with van der Waals surface area (Å²) in [6, 6.07) is 12.1. The van der Waals surface area contributed by atoms with E-state index in [1.54, 1.807) is 42.7 Å². The van der Waals surface area contributed by atoms with Gasteiger partial charge in [-0.25, -0.2) is 0 Å². The van der Waals surface area contributed by atoms with Crippen LogP contribution in [0.15, 0.2) is 61.2 Å². The zero-order valence-corrected chi connectivity index (χ0v) is 27.0. The maximum Gasteiger partial charge on any atom is 0.203 e. The summed E-state index contributed by atoms with van der Waals surface area (Å²) in [4.78, 5) is 14.1. The molecule has 4 aromatic rings. The average Bonchev–Trinajstić information content (AvgIpc) is 3.31. The number of nitrogens with zero attached hydrogens (tertiary/aromatic N) is 4. The van der Waals surface area contributed by atoms with Crippen LogP contribution in [-0.2, 0) is 13.1 Å². The molecule has 0 radical (unpaired) electrons. The van der Waals surface area contributed by atoms with E-state index >= 15 is 0 Å². The molecule has 2 aromatic carbocycles. The molecule has 0 amide bonds. The van der Waals surface area contributed by atoms with Crippen molar-refractivity contribution < 1.29 is 28.4 Å². The number of pyridine rings is 2. The van der Waals surface area contributed by atoms with Gasteiger partial charge in [0.25, 0.3) is 0 Å². The molecule has 0 unspecified atom stereocenters. The summed E-state index contributed by atoms with van der Waals surface area (Å²) < 4.78 is 33.5. The number of methoxy groups -OCH3 is 6. The van der Waals surface area contributed by atoms with Crippen LogP contribution in [0.3, 0.4) is 0 Å². The highest BCUT2D eigenvalue weighted by Crippen LogP contribution is 2.45. The maximum absolute atomic E-state index is 5.72. The molecule has 2 aromatic heterocycles. The van der Waals surface area contributed by atoms with E-state index in [1.807, 2.05) is 49.1 Å². The van der Waals surface area contributed by atoms with Crippen molar-refractivity contribution in [3.05, 3.63) is 72.3 Å². The van der Waals surface area contributed by atoms with E-state index in [0.29, 0.717) is 34.5 Å². The molecule has 1 aliphatic rings. The quantitative estimate of drug-likeness (QED) is 0.202. The second-order valence-corrected chi connectivity index (χ2v) is 10.8. The summed E-state index contributed by atoms with van der Waals surface area (Å²) in [5.41, 5.74) is 6.07. The Morgan fingerprint density at radius 2 is 0.933 bits per heavy atom. The van der Waals surface area contributed by atoms with Crippen molar-refractivity contribution in [3.8, 4) is 56.8 Å². The first-order valence-corrected chi connectivity index (χ1v) is 14.9. The van der Waals surface area contributed by atoms with Gasteiger partial charge in [0.2, 0.25) is 11.5 Å². The first kappa shape index (κ1) is 31.9. The number of aromatic nitrogens is 2. The second-order valence-electron chi connectivity index (χ2n) is 10.8. The summed E-state index contributed by atoms with van der Waals surface area (Å²) >= 11 is 0. The average molecular weight is 615 g/mol. The van der Waals surface area contributed by atoms with Crippen LogP contribution in [0.2, 0.25) is 0 Å². The summed E-state index contributed by atoms with van der Waals surface area (Å²) in [5.74, 6) is 3.64. The lowest BCUT2D eigenvalue weighted by atomic mass is 10.0. The van der Waals surface area contributed by atoms with E-state index in [2.05, 4.69) is 31.9 Å². The Bertz CT molecular complexity index is 1480.